The van der Waals surface area contributed by atoms with Gasteiger partial charge in [-0.15, -0.1) is 0 Å². The first-order valence-corrected chi connectivity index (χ1v) is 14.2. The van der Waals surface area contributed by atoms with Crippen LogP contribution in [0, 0.1) is 11.8 Å². The van der Waals surface area contributed by atoms with Crippen LogP contribution < -0.4 is 20.7 Å². The number of hydrogen-bond donors (Lipinski definition) is 3. The lowest BCUT2D eigenvalue weighted by Gasteiger charge is -2.38. The van der Waals surface area contributed by atoms with E-state index in [1.54, 1.807) is 0 Å². The molecule has 7 nitrogen and oxygen atoms in total. The Hall–Kier alpha value is -4.88. The molecule has 4 aliphatic rings. The molecule has 0 fully saturated rings. The summed E-state index contributed by atoms with van der Waals surface area (Å²) in [5.74, 6) is 3.15. The van der Waals surface area contributed by atoms with Crippen molar-refractivity contribution in [3.63, 3.8) is 0 Å². The van der Waals surface area contributed by atoms with Crippen molar-refractivity contribution in [1.82, 2.24) is 25.5 Å². The molecule has 0 amide bonds. The van der Waals surface area contributed by atoms with E-state index in [0.29, 0.717) is 12.5 Å². The first-order chi connectivity index (χ1) is 20.2. The lowest BCUT2D eigenvalue weighted by Crippen LogP contribution is -2.57. The Balaban J connectivity index is 1.35. The number of allylic oxidation sites excluding steroid dienone is 6. The van der Waals surface area contributed by atoms with E-state index in [-0.39, 0.29) is 18.2 Å². The fourth-order valence-corrected chi connectivity index (χ4v) is 6.31. The molecular formula is C34H30N6O. The predicted octanol–water partition coefficient (Wildman–Crippen LogP) is 5.77. The molecule has 4 atom stereocenters. The van der Waals surface area contributed by atoms with Gasteiger partial charge < -0.3 is 15.4 Å². The molecule has 2 aromatic heterocycles. The van der Waals surface area contributed by atoms with Crippen molar-refractivity contribution < 1.29 is 4.74 Å². The van der Waals surface area contributed by atoms with E-state index < -0.39 is 0 Å². The largest absolute Gasteiger partial charge is 0.459 e. The molecule has 41 heavy (non-hydrogen) atoms. The van der Waals surface area contributed by atoms with Crippen LogP contribution in [0.5, 0.6) is 5.75 Å². The molecule has 4 aromatic rings. The van der Waals surface area contributed by atoms with Gasteiger partial charge in [0.1, 0.15) is 17.7 Å². The van der Waals surface area contributed by atoms with Gasteiger partial charge in [-0.1, -0.05) is 67.6 Å². The van der Waals surface area contributed by atoms with E-state index in [1.807, 2.05) is 24.7 Å². The van der Waals surface area contributed by atoms with Crippen LogP contribution in [0.15, 0.2) is 120 Å². The molecule has 0 saturated carbocycles. The number of ether oxygens (including phenoxy) is 1. The molecule has 3 N–H and O–H groups in total. The number of rotatable bonds is 2. The van der Waals surface area contributed by atoms with Crippen LogP contribution in [-0.2, 0) is 0 Å². The highest BCUT2D eigenvalue weighted by atomic mass is 16.5. The number of fused-ring (bicyclic) bond motifs is 5. The lowest BCUT2D eigenvalue weighted by molar-refractivity contribution is 0.287. The standard InChI is InChI=1S/C34H30N6O/c1-21-7-5-6-10-24(21)33-37-32(23-8-3-2-4-9-23)38-34(39-33)40-28-19-35-18-16-25(28)26-13-14-29-27(31(26)40)12-11-22-15-17-36-20-30(22)41-29/h2-19,21,24,32-33,36-37H,20H2,1H3,(H,38,39). The maximum absolute atomic E-state index is 6.51. The molecule has 7 heteroatoms. The van der Waals surface area contributed by atoms with Crippen molar-refractivity contribution in [2.45, 2.75) is 19.3 Å². The van der Waals surface area contributed by atoms with Crippen molar-refractivity contribution in [3.8, 4) is 5.75 Å². The molecule has 1 aliphatic carbocycles. The number of dihydropyridines is 1. The van der Waals surface area contributed by atoms with Crippen LogP contribution in [0.25, 0.3) is 27.9 Å². The van der Waals surface area contributed by atoms with Crippen molar-refractivity contribution in [1.29, 1.82) is 0 Å². The summed E-state index contributed by atoms with van der Waals surface area (Å²) in [6.45, 7) is 2.92. The summed E-state index contributed by atoms with van der Waals surface area (Å²) in [7, 11) is 0. The minimum absolute atomic E-state index is 0.0348. The minimum atomic E-state index is -0.215. The molecule has 2 aromatic carbocycles. The number of nitrogens with one attached hydrogen (secondary N) is 3. The molecule has 0 spiro atoms. The Bertz CT molecular complexity index is 1860. The summed E-state index contributed by atoms with van der Waals surface area (Å²) in [5.41, 5.74) is 5.26. The first-order valence-electron chi connectivity index (χ1n) is 14.2. The van der Waals surface area contributed by atoms with Gasteiger partial charge in [-0.3, -0.25) is 14.9 Å². The fraction of sp³-hybridized carbons (Fsp3) is 0.176. The molecule has 4 unspecified atom stereocenters. The molecule has 202 valence electrons. The maximum atomic E-state index is 6.51. The number of benzene rings is 2. The van der Waals surface area contributed by atoms with Gasteiger partial charge in [-0.2, -0.15) is 0 Å². The summed E-state index contributed by atoms with van der Waals surface area (Å²) in [4.78, 5) is 9.84. The summed E-state index contributed by atoms with van der Waals surface area (Å²) < 4.78 is 8.75. The summed E-state index contributed by atoms with van der Waals surface area (Å²) in [5, 5.41) is 13.1. The van der Waals surface area contributed by atoms with E-state index in [1.165, 1.54) is 0 Å². The van der Waals surface area contributed by atoms with Crippen LogP contribution >= 0.6 is 0 Å². The predicted molar refractivity (Wildman–Crippen MR) is 164 cm³/mol. The van der Waals surface area contributed by atoms with Crippen LogP contribution in [0.3, 0.4) is 0 Å². The number of aliphatic imine (C=N–C) groups is 1. The van der Waals surface area contributed by atoms with Crippen molar-refractivity contribution >= 4 is 33.8 Å². The Morgan fingerprint density at radius 3 is 2.76 bits per heavy atom. The smallest absolute Gasteiger partial charge is 0.206 e. The Morgan fingerprint density at radius 2 is 1.85 bits per heavy atom. The topological polar surface area (TPSA) is 75.5 Å². The van der Waals surface area contributed by atoms with Crippen LogP contribution in [0.1, 0.15) is 24.2 Å². The third-order valence-electron chi connectivity index (χ3n) is 8.41. The molecule has 8 rings (SSSR count). The Morgan fingerprint density at radius 1 is 0.951 bits per heavy atom. The third-order valence-corrected chi connectivity index (χ3v) is 8.41. The zero-order valence-electron chi connectivity index (χ0n) is 22.7. The summed E-state index contributed by atoms with van der Waals surface area (Å²) in [6.07, 6.45) is 20.7. The zero-order chi connectivity index (χ0) is 27.3. The average molecular weight is 539 g/mol. The van der Waals surface area contributed by atoms with Crippen LogP contribution in [0.4, 0.5) is 0 Å². The van der Waals surface area contributed by atoms with E-state index >= 15 is 0 Å². The monoisotopic (exact) mass is 538 g/mol. The quantitative estimate of drug-likeness (QED) is 0.302. The van der Waals surface area contributed by atoms with E-state index in [0.717, 1.165) is 56.0 Å². The SMILES string of the molecule is CC1C=CC=CC1C1NC(n2c3cnccc3c3ccc4c(c32)C=CC2=C(CNC=C2)O4)=NC(c2ccccc2)N1. The van der Waals surface area contributed by atoms with E-state index in [9.17, 15) is 0 Å². The van der Waals surface area contributed by atoms with Crippen molar-refractivity contribution in [3.05, 3.63) is 126 Å². The van der Waals surface area contributed by atoms with Gasteiger partial charge in [-0.05, 0) is 48.0 Å². The molecular weight excluding hydrogens is 508 g/mol. The molecule has 0 saturated heterocycles. The number of hydrogen-bond acceptors (Lipinski definition) is 6. The summed E-state index contributed by atoms with van der Waals surface area (Å²) in [6, 6.07) is 16.8. The van der Waals surface area contributed by atoms with Gasteiger partial charge in [0.15, 0.2) is 0 Å². The maximum Gasteiger partial charge on any atom is 0.206 e. The molecule has 0 bridgehead atoms. The first kappa shape index (κ1) is 24.0. The summed E-state index contributed by atoms with van der Waals surface area (Å²) >= 11 is 0. The zero-order valence-corrected chi connectivity index (χ0v) is 22.7. The van der Waals surface area contributed by atoms with Crippen molar-refractivity contribution in [2.75, 3.05) is 6.54 Å². The number of nitrogens with zero attached hydrogens (tertiary/aromatic N) is 3. The van der Waals surface area contributed by atoms with Gasteiger partial charge in [0.2, 0.25) is 5.96 Å². The highest BCUT2D eigenvalue weighted by molar-refractivity contribution is 6.16. The second kappa shape index (κ2) is 9.64. The number of pyridine rings is 1. The third kappa shape index (κ3) is 4.00. The van der Waals surface area contributed by atoms with Gasteiger partial charge in [0, 0.05) is 34.0 Å². The minimum Gasteiger partial charge on any atom is -0.459 e. The van der Waals surface area contributed by atoms with Crippen LogP contribution in [-0.4, -0.2) is 28.2 Å². The molecule has 5 heterocycles. The van der Waals surface area contributed by atoms with Gasteiger partial charge >= 0.3 is 0 Å². The van der Waals surface area contributed by atoms with Gasteiger partial charge in [0.25, 0.3) is 0 Å². The lowest BCUT2D eigenvalue weighted by atomic mass is 9.87. The highest BCUT2D eigenvalue weighted by Gasteiger charge is 2.33. The average Bonchev–Trinajstić information content (AvgIpc) is 3.23. The van der Waals surface area contributed by atoms with Crippen molar-refractivity contribution in [2.24, 2.45) is 16.8 Å². The normalized spacial score (nSPS) is 24.8. The fourth-order valence-electron chi connectivity index (χ4n) is 6.31. The number of aromatic nitrogens is 2. The van der Waals surface area contributed by atoms with Gasteiger partial charge in [-0.25, -0.2) is 4.99 Å². The second-order valence-corrected chi connectivity index (χ2v) is 10.9. The van der Waals surface area contributed by atoms with E-state index in [4.69, 9.17) is 9.73 Å². The van der Waals surface area contributed by atoms with Crippen LogP contribution in [0.2, 0.25) is 0 Å². The molecule has 0 radical (unpaired) electrons. The Kier molecular flexibility index (Phi) is 5.63. The van der Waals surface area contributed by atoms with E-state index in [2.05, 4.69) is 117 Å². The highest BCUT2D eigenvalue weighted by Crippen LogP contribution is 2.39. The molecule has 3 aliphatic heterocycles. The van der Waals surface area contributed by atoms with Gasteiger partial charge in [0.05, 0.1) is 29.9 Å². The second-order valence-electron chi connectivity index (χ2n) is 10.9. The Labute approximate surface area is 238 Å².